The van der Waals surface area contributed by atoms with Gasteiger partial charge < -0.3 is 20.3 Å². The summed E-state index contributed by atoms with van der Waals surface area (Å²) in [6.07, 6.45) is -0.944. The highest BCUT2D eigenvalue weighted by atomic mass is 32.2. The van der Waals surface area contributed by atoms with Gasteiger partial charge in [-0.3, -0.25) is 4.79 Å². The largest absolute Gasteiger partial charge is 0.480 e. The molecule has 0 radical (unpaired) electrons. The molecule has 8 heteroatoms. The Bertz CT molecular complexity index is 793. The molecule has 1 aliphatic rings. The van der Waals surface area contributed by atoms with E-state index in [1.807, 2.05) is 6.92 Å². The Labute approximate surface area is 153 Å². The minimum absolute atomic E-state index is 0.0227. The molecule has 0 amide bonds. The Kier molecular flexibility index (Phi) is 6.64. The van der Waals surface area contributed by atoms with Crippen molar-refractivity contribution in [1.82, 2.24) is 5.32 Å². The predicted molar refractivity (Wildman–Crippen MR) is 95.6 cm³/mol. The molecule has 0 spiro atoms. The van der Waals surface area contributed by atoms with E-state index >= 15 is 0 Å². The van der Waals surface area contributed by atoms with Crippen LogP contribution in [0.2, 0.25) is 0 Å². The molecule has 1 heterocycles. The van der Waals surface area contributed by atoms with Gasteiger partial charge in [0.1, 0.15) is 11.8 Å². The van der Waals surface area contributed by atoms with Gasteiger partial charge in [0.2, 0.25) is 0 Å². The van der Waals surface area contributed by atoms with Gasteiger partial charge in [-0.15, -0.1) is 5.92 Å². The summed E-state index contributed by atoms with van der Waals surface area (Å²) < 4.78 is 31.3. The van der Waals surface area contributed by atoms with Crippen LogP contribution in [0.5, 0.6) is 5.75 Å². The van der Waals surface area contributed by atoms with Crippen molar-refractivity contribution >= 4 is 15.8 Å². The lowest BCUT2D eigenvalue weighted by atomic mass is 10.0. The number of aliphatic hydroxyl groups excluding tert-OH is 1. The molecule has 2 rings (SSSR count). The maximum Gasteiger partial charge on any atom is 0.320 e. The van der Waals surface area contributed by atoms with Crippen molar-refractivity contribution < 1.29 is 28.2 Å². The lowest BCUT2D eigenvalue weighted by molar-refractivity contribution is -0.140. The molecule has 0 aliphatic carbocycles. The number of hydrogen-bond donors (Lipinski definition) is 3. The third kappa shape index (κ3) is 4.55. The first kappa shape index (κ1) is 20.2. The Balaban J connectivity index is 2.20. The summed E-state index contributed by atoms with van der Waals surface area (Å²) in [5.74, 6) is 5.05. The molecule has 142 valence electrons. The van der Waals surface area contributed by atoms with Gasteiger partial charge in [0, 0.05) is 6.54 Å². The van der Waals surface area contributed by atoms with Crippen LogP contribution in [0.15, 0.2) is 29.2 Å². The topological polar surface area (TPSA) is 113 Å². The molecule has 4 unspecified atom stereocenters. The average molecular weight is 381 g/mol. The zero-order chi connectivity index (χ0) is 19.3. The highest BCUT2D eigenvalue weighted by Gasteiger charge is 2.41. The van der Waals surface area contributed by atoms with Crippen LogP contribution in [-0.4, -0.2) is 54.6 Å². The van der Waals surface area contributed by atoms with Gasteiger partial charge in [-0.25, -0.2) is 8.42 Å². The highest BCUT2D eigenvalue weighted by Crippen LogP contribution is 2.26. The summed E-state index contributed by atoms with van der Waals surface area (Å²) in [5.41, 5.74) is 0. The van der Waals surface area contributed by atoms with Crippen LogP contribution in [-0.2, 0) is 14.6 Å². The van der Waals surface area contributed by atoms with Crippen molar-refractivity contribution in [3.63, 3.8) is 0 Å². The molecule has 1 aliphatic heterocycles. The third-order valence-electron chi connectivity index (χ3n) is 4.27. The number of rotatable bonds is 6. The number of β-amino-alcohol motifs (C(OH)–C–C–N with tert-alkyl or cyclic N) is 1. The van der Waals surface area contributed by atoms with Crippen molar-refractivity contribution in [3.05, 3.63) is 24.3 Å². The standard InChI is InChI=1S/C18H23NO6S/c1-3-5-12(4-2)25-13-6-8-14(9-7-13)26(23,24)17-10-15(18(21)22)19-11-16(17)20/h6-9,12,15-17,19-20H,4,10-11H2,1-2H3,(H,21,22). The molecular weight excluding hydrogens is 358 g/mol. The summed E-state index contributed by atoms with van der Waals surface area (Å²) in [4.78, 5) is 11.2. The van der Waals surface area contributed by atoms with E-state index in [2.05, 4.69) is 17.2 Å². The van der Waals surface area contributed by atoms with Gasteiger partial charge in [-0.05, 0) is 44.0 Å². The van der Waals surface area contributed by atoms with Crippen molar-refractivity contribution in [1.29, 1.82) is 0 Å². The van der Waals surface area contributed by atoms with E-state index in [0.29, 0.717) is 12.2 Å². The van der Waals surface area contributed by atoms with E-state index in [0.717, 1.165) is 0 Å². The molecule has 1 saturated heterocycles. The maximum atomic E-state index is 12.8. The number of sulfone groups is 1. The second-order valence-corrected chi connectivity index (χ2v) is 8.23. The molecule has 0 bridgehead atoms. The second kappa shape index (κ2) is 8.54. The van der Waals surface area contributed by atoms with Crippen LogP contribution >= 0.6 is 0 Å². The number of ether oxygens (including phenoxy) is 1. The number of nitrogens with one attached hydrogen (secondary N) is 1. The third-order valence-corrected chi connectivity index (χ3v) is 6.51. The van der Waals surface area contributed by atoms with Gasteiger partial charge in [-0.1, -0.05) is 12.8 Å². The van der Waals surface area contributed by atoms with Crippen molar-refractivity contribution in [2.75, 3.05) is 6.54 Å². The number of piperidine rings is 1. The molecule has 3 N–H and O–H groups in total. The summed E-state index contributed by atoms with van der Waals surface area (Å²) in [6.45, 7) is 3.57. The second-order valence-electron chi connectivity index (χ2n) is 6.07. The molecule has 0 aromatic heterocycles. The SMILES string of the molecule is CC#CC(CC)Oc1ccc(S(=O)(=O)C2CC(C(=O)O)NCC2O)cc1. The van der Waals surface area contributed by atoms with E-state index in [1.54, 1.807) is 6.92 Å². The molecule has 1 aromatic carbocycles. The first-order valence-electron chi connectivity index (χ1n) is 8.36. The fourth-order valence-corrected chi connectivity index (χ4v) is 4.63. The predicted octanol–water partition coefficient (Wildman–Crippen LogP) is 0.817. The van der Waals surface area contributed by atoms with Crippen LogP contribution in [0, 0.1) is 11.8 Å². The van der Waals surface area contributed by atoms with Gasteiger partial charge in [0.25, 0.3) is 0 Å². The Morgan fingerprint density at radius 2 is 2.04 bits per heavy atom. The monoisotopic (exact) mass is 381 g/mol. The molecular formula is C18H23NO6S. The maximum absolute atomic E-state index is 12.8. The fourth-order valence-electron chi connectivity index (χ4n) is 2.81. The van der Waals surface area contributed by atoms with Crippen molar-refractivity contribution in [2.24, 2.45) is 0 Å². The Hall–Kier alpha value is -2.08. The quantitative estimate of drug-likeness (QED) is 0.625. The Morgan fingerprint density at radius 3 is 2.58 bits per heavy atom. The van der Waals surface area contributed by atoms with Gasteiger partial charge in [-0.2, -0.15) is 0 Å². The summed E-state index contributed by atoms with van der Waals surface area (Å²) in [5, 5.41) is 20.6. The number of carboxylic acids is 1. The van der Waals surface area contributed by atoms with Crippen LogP contribution in [0.1, 0.15) is 26.7 Å². The normalized spacial score (nSPS) is 24.2. The van der Waals surface area contributed by atoms with Gasteiger partial charge in [0.05, 0.1) is 16.2 Å². The van der Waals surface area contributed by atoms with Crippen LogP contribution in [0.4, 0.5) is 0 Å². The van der Waals surface area contributed by atoms with Gasteiger partial charge in [0.15, 0.2) is 15.9 Å². The Morgan fingerprint density at radius 1 is 1.38 bits per heavy atom. The van der Waals surface area contributed by atoms with Crippen LogP contribution in [0.3, 0.4) is 0 Å². The minimum Gasteiger partial charge on any atom is -0.480 e. The summed E-state index contributed by atoms with van der Waals surface area (Å²) in [7, 11) is -3.88. The summed E-state index contributed by atoms with van der Waals surface area (Å²) >= 11 is 0. The highest BCUT2D eigenvalue weighted by molar-refractivity contribution is 7.92. The molecule has 4 atom stereocenters. The van der Waals surface area contributed by atoms with Crippen molar-refractivity contribution in [2.45, 2.75) is 55.1 Å². The molecule has 7 nitrogen and oxygen atoms in total. The first-order chi connectivity index (χ1) is 12.3. The number of carboxylic acid groups (broad SMARTS) is 1. The average Bonchev–Trinajstić information content (AvgIpc) is 2.61. The zero-order valence-electron chi connectivity index (χ0n) is 14.7. The number of benzene rings is 1. The molecule has 26 heavy (non-hydrogen) atoms. The van der Waals surface area contributed by atoms with Gasteiger partial charge >= 0.3 is 5.97 Å². The van der Waals surface area contributed by atoms with E-state index in [4.69, 9.17) is 9.84 Å². The van der Waals surface area contributed by atoms with E-state index in [-0.39, 0.29) is 24.0 Å². The lowest BCUT2D eigenvalue weighted by Gasteiger charge is -2.32. The molecule has 1 fully saturated rings. The minimum atomic E-state index is -3.88. The van der Waals surface area contributed by atoms with E-state index in [9.17, 15) is 18.3 Å². The molecule has 1 aromatic rings. The number of hydrogen-bond acceptors (Lipinski definition) is 6. The lowest BCUT2D eigenvalue weighted by Crippen LogP contribution is -2.55. The van der Waals surface area contributed by atoms with Crippen LogP contribution < -0.4 is 10.1 Å². The van der Waals surface area contributed by atoms with E-state index in [1.165, 1.54) is 24.3 Å². The molecule has 0 saturated carbocycles. The number of carbonyl (C=O) groups is 1. The first-order valence-corrected chi connectivity index (χ1v) is 9.91. The fraction of sp³-hybridized carbons (Fsp3) is 0.500. The summed E-state index contributed by atoms with van der Waals surface area (Å²) in [6, 6.07) is 4.88. The smallest absolute Gasteiger partial charge is 0.320 e. The zero-order valence-corrected chi connectivity index (χ0v) is 15.5. The van der Waals surface area contributed by atoms with E-state index < -0.39 is 33.2 Å². The number of aliphatic carboxylic acids is 1. The van der Waals surface area contributed by atoms with Crippen LogP contribution in [0.25, 0.3) is 0 Å². The van der Waals surface area contributed by atoms with Crippen molar-refractivity contribution in [3.8, 4) is 17.6 Å². The number of aliphatic hydroxyl groups is 1.